The maximum absolute atomic E-state index is 10.4. The van der Waals surface area contributed by atoms with Crippen molar-refractivity contribution in [3.63, 3.8) is 0 Å². The van der Waals surface area contributed by atoms with Crippen LogP contribution in [0.4, 0.5) is 0 Å². The number of aliphatic hydroxyl groups is 1. The number of aliphatic hydroxyl groups excluding tert-OH is 1. The maximum Gasteiger partial charge on any atom is 0.137 e. The second-order valence-electron chi connectivity index (χ2n) is 3.99. The summed E-state index contributed by atoms with van der Waals surface area (Å²) in [5.41, 5.74) is 1.37. The van der Waals surface area contributed by atoms with Crippen LogP contribution in [0.15, 0.2) is 41.1 Å². The summed E-state index contributed by atoms with van der Waals surface area (Å²) in [6.07, 6.45) is 2.44. The van der Waals surface area contributed by atoms with Crippen LogP contribution >= 0.6 is 27.5 Å². The van der Waals surface area contributed by atoms with Gasteiger partial charge in [0.25, 0.3) is 0 Å². The van der Waals surface area contributed by atoms with E-state index in [1.807, 2.05) is 13.0 Å². The molecule has 0 fully saturated rings. The number of hydrogen-bond acceptors (Lipinski definition) is 3. The van der Waals surface area contributed by atoms with E-state index < -0.39 is 6.10 Å². The van der Waals surface area contributed by atoms with Crippen LogP contribution in [-0.2, 0) is 0 Å². The predicted octanol–water partition coefficient (Wildman–Crippen LogP) is 3.98. The molecule has 1 unspecified atom stereocenters. The summed E-state index contributed by atoms with van der Waals surface area (Å²) in [4.78, 5) is 4.06. The Labute approximate surface area is 125 Å². The highest BCUT2D eigenvalue weighted by molar-refractivity contribution is 9.10. The van der Waals surface area contributed by atoms with E-state index in [-0.39, 0.29) is 0 Å². The van der Waals surface area contributed by atoms with Crippen LogP contribution in [-0.4, -0.2) is 16.7 Å². The minimum absolute atomic E-state index is 0.559. The number of nitrogens with zero attached hydrogens (tertiary/aromatic N) is 1. The molecule has 100 valence electrons. The van der Waals surface area contributed by atoms with Crippen molar-refractivity contribution >= 4 is 27.5 Å². The summed E-state index contributed by atoms with van der Waals surface area (Å²) in [5.74, 6) is 0.639. The average molecular weight is 343 g/mol. The second-order valence-corrected chi connectivity index (χ2v) is 5.34. The summed E-state index contributed by atoms with van der Waals surface area (Å²) < 4.78 is 6.19. The molecule has 0 saturated heterocycles. The van der Waals surface area contributed by atoms with Gasteiger partial charge >= 0.3 is 0 Å². The molecule has 0 amide bonds. The molecule has 0 aliphatic carbocycles. The lowest BCUT2D eigenvalue weighted by molar-refractivity contribution is 0.219. The molecule has 1 aromatic carbocycles. The number of rotatable bonds is 4. The fraction of sp³-hybridized carbons (Fsp3) is 0.214. The number of hydrogen-bond donors (Lipinski definition) is 1. The Morgan fingerprint density at radius 1 is 1.26 bits per heavy atom. The van der Waals surface area contributed by atoms with E-state index in [1.165, 1.54) is 0 Å². The van der Waals surface area contributed by atoms with Crippen molar-refractivity contribution in [3.05, 3.63) is 57.3 Å². The largest absolute Gasteiger partial charge is 0.492 e. The van der Waals surface area contributed by atoms with E-state index in [0.717, 1.165) is 4.47 Å². The third kappa shape index (κ3) is 3.69. The van der Waals surface area contributed by atoms with E-state index in [4.69, 9.17) is 16.3 Å². The highest BCUT2D eigenvalue weighted by Gasteiger charge is 2.13. The molecule has 19 heavy (non-hydrogen) atoms. The van der Waals surface area contributed by atoms with Crippen molar-refractivity contribution in [1.82, 2.24) is 4.98 Å². The van der Waals surface area contributed by atoms with Crippen molar-refractivity contribution in [2.45, 2.75) is 13.0 Å². The monoisotopic (exact) mass is 341 g/mol. The molecule has 0 bridgehead atoms. The van der Waals surface area contributed by atoms with E-state index >= 15 is 0 Å². The SMILES string of the molecule is CCOc1cncc(C(O)c2cc(Cl)cc(Br)c2)c1. The smallest absolute Gasteiger partial charge is 0.137 e. The molecule has 0 aliphatic heterocycles. The van der Waals surface area contributed by atoms with Gasteiger partial charge in [-0.2, -0.15) is 0 Å². The van der Waals surface area contributed by atoms with Gasteiger partial charge in [-0.25, -0.2) is 0 Å². The molecular formula is C14H13BrClNO2. The van der Waals surface area contributed by atoms with Crippen LogP contribution in [0.2, 0.25) is 5.02 Å². The lowest BCUT2D eigenvalue weighted by Crippen LogP contribution is -2.02. The molecule has 5 heteroatoms. The number of halogens is 2. The Morgan fingerprint density at radius 3 is 2.74 bits per heavy atom. The van der Waals surface area contributed by atoms with Gasteiger partial charge in [-0.05, 0) is 36.8 Å². The van der Waals surface area contributed by atoms with Crippen molar-refractivity contribution in [3.8, 4) is 5.75 Å². The molecule has 0 aliphatic rings. The van der Waals surface area contributed by atoms with Gasteiger partial charge in [0.2, 0.25) is 0 Å². The van der Waals surface area contributed by atoms with Crippen LogP contribution in [0, 0.1) is 0 Å². The van der Waals surface area contributed by atoms with Gasteiger partial charge in [0.05, 0.1) is 12.8 Å². The minimum Gasteiger partial charge on any atom is -0.492 e. The minimum atomic E-state index is -0.789. The Morgan fingerprint density at radius 2 is 2.05 bits per heavy atom. The third-order valence-corrected chi connectivity index (χ3v) is 3.24. The fourth-order valence-electron chi connectivity index (χ4n) is 1.76. The van der Waals surface area contributed by atoms with Crippen LogP contribution in [0.3, 0.4) is 0 Å². The van der Waals surface area contributed by atoms with Gasteiger partial charge in [-0.1, -0.05) is 27.5 Å². The summed E-state index contributed by atoms with van der Waals surface area (Å²) >= 11 is 9.34. The summed E-state index contributed by atoms with van der Waals surface area (Å²) in [6.45, 7) is 2.46. The van der Waals surface area contributed by atoms with Crippen molar-refractivity contribution in [2.24, 2.45) is 0 Å². The highest BCUT2D eigenvalue weighted by atomic mass is 79.9. The third-order valence-electron chi connectivity index (χ3n) is 2.56. The summed E-state index contributed by atoms with van der Waals surface area (Å²) in [6, 6.07) is 7.09. The molecule has 0 radical (unpaired) electrons. The fourth-order valence-corrected chi connectivity index (χ4v) is 2.64. The molecule has 2 rings (SSSR count). The second kappa shape index (κ2) is 6.37. The van der Waals surface area contributed by atoms with Crippen LogP contribution in [0.1, 0.15) is 24.2 Å². The summed E-state index contributed by atoms with van der Waals surface area (Å²) in [7, 11) is 0. The van der Waals surface area contributed by atoms with Gasteiger partial charge in [0, 0.05) is 21.3 Å². The zero-order chi connectivity index (χ0) is 13.8. The molecule has 1 aromatic heterocycles. The zero-order valence-electron chi connectivity index (χ0n) is 10.3. The first-order valence-electron chi connectivity index (χ1n) is 5.82. The molecule has 1 atom stereocenters. The first-order chi connectivity index (χ1) is 9.10. The Balaban J connectivity index is 2.32. The van der Waals surface area contributed by atoms with Crippen LogP contribution in [0.5, 0.6) is 5.75 Å². The predicted molar refractivity (Wildman–Crippen MR) is 78.6 cm³/mol. The Bertz CT molecular complexity index is 557. The number of aromatic nitrogens is 1. The molecule has 1 heterocycles. The number of ether oxygens (including phenoxy) is 1. The zero-order valence-corrected chi connectivity index (χ0v) is 12.6. The number of pyridine rings is 1. The molecule has 0 saturated carbocycles. The van der Waals surface area contributed by atoms with Crippen molar-refractivity contribution < 1.29 is 9.84 Å². The lowest BCUT2D eigenvalue weighted by atomic mass is 10.0. The molecular weight excluding hydrogens is 330 g/mol. The topological polar surface area (TPSA) is 42.4 Å². The number of benzene rings is 1. The van der Waals surface area contributed by atoms with E-state index in [2.05, 4.69) is 20.9 Å². The van der Waals surface area contributed by atoms with E-state index in [1.54, 1.807) is 30.6 Å². The standard InChI is InChI=1S/C14H13BrClNO2/c1-2-19-13-5-10(7-17-8-13)14(18)9-3-11(15)6-12(16)4-9/h3-8,14,18H,2H2,1H3. The Kier molecular flexibility index (Phi) is 4.80. The van der Waals surface area contributed by atoms with E-state index in [0.29, 0.717) is 28.5 Å². The highest BCUT2D eigenvalue weighted by Crippen LogP contribution is 2.28. The van der Waals surface area contributed by atoms with Crippen molar-refractivity contribution in [1.29, 1.82) is 0 Å². The molecule has 2 aromatic rings. The molecule has 0 spiro atoms. The Hall–Kier alpha value is -1.10. The van der Waals surface area contributed by atoms with Crippen LogP contribution < -0.4 is 4.74 Å². The first-order valence-corrected chi connectivity index (χ1v) is 6.99. The molecule has 3 nitrogen and oxygen atoms in total. The normalized spacial score (nSPS) is 12.2. The van der Waals surface area contributed by atoms with Crippen molar-refractivity contribution in [2.75, 3.05) is 6.61 Å². The van der Waals surface area contributed by atoms with Gasteiger partial charge in [0.1, 0.15) is 11.9 Å². The van der Waals surface area contributed by atoms with Gasteiger partial charge in [-0.3, -0.25) is 4.98 Å². The van der Waals surface area contributed by atoms with E-state index in [9.17, 15) is 5.11 Å². The summed E-state index contributed by atoms with van der Waals surface area (Å²) in [5, 5.41) is 10.9. The average Bonchev–Trinajstić information content (AvgIpc) is 2.37. The maximum atomic E-state index is 10.4. The van der Waals surface area contributed by atoms with Gasteiger partial charge < -0.3 is 9.84 Å². The molecule has 1 N–H and O–H groups in total. The van der Waals surface area contributed by atoms with Gasteiger partial charge in [-0.15, -0.1) is 0 Å². The quantitative estimate of drug-likeness (QED) is 0.914. The lowest BCUT2D eigenvalue weighted by Gasteiger charge is -2.13. The first kappa shape index (κ1) is 14.3. The van der Waals surface area contributed by atoms with Gasteiger partial charge in [0.15, 0.2) is 0 Å². The van der Waals surface area contributed by atoms with Crippen LogP contribution in [0.25, 0.3) is 0 Å².